The van der Waals surface area contributed by atoms with Crippen LogP contribution in [0.1, 0.15) is 12.8 Å². The molecule has 17 heavy (non-hydrogen) atoms. The van der Waals surface area contributed by atoms with Gasteiger partial charge in [0, 0.05) is 36.4 Å². The standard InChI is InChI=1S/C14H17N3/c15-11-4-3-9-17(10-11)14-7-8-16-13-6-2-1-5-12(13)14/h1-2,5-8,11H,3-4,9-10,15H2. The molecule has 0 radical (unpaired) electrons. The Morgan fingerprint density at radius 1 is 1.24 bits per heavy atom. The molecule has 0 bridgehead atoms. The molecular formula is C14H17N3. The molecule has 2 N–H and O–H groups in total. The first kappa shape index (κ1) is 10.5. The molecule has 0 amide bonds. The normalized spacial score (nSPS) is 20.8. The van der Waals surface area contributed by atoms with Gasteiger partial charge in [-0.3, -0.25) is 4.98 Å². The number of rotatable bonds is 1. The van der Waals surface area contributed by atoms with E-state index in [1.165, 1.54) is 17.5 Å². The lowest BCUT2D eigenvalue weighted by atomic mass is 10.0. The van der Waals surface area contributed by atoms with Crippen molar-refractivity contribution >= 4 is 16.6 Å². The summed E-state index contributed by atoms with van der Waals surface area (Å²) in [6, 6.07) is 10.7. The highest BCUT2D eigenvalue weighted by atomic mass is 15.2. The van der Waals surface area contributed by atoms with Crippen LogP contribution in [0.3, 0.4) is 0 Å². The van der Waals surface area contributed by atoms with Gasteiger partial charge in [-0.05, 0) is 25.0 Å². The van der Waals surface area contributed by atoms with Gasteiger partial charge >= 0.3 is 0 Å². The molecule has 0 aliphatic carbocycles. The Morgan fingerprint density at radius 3 is 3.00 bits per heavy atom. The van der Waals surface area contributed by atoms with Crippen LogP contribution in [-0.2, 0) is 0 Å². The largest absolute Gasteiger partial charge is 0.369 e. The monoisotopic (exact) mass is 227 g/mol. The number of para-hydroxylation sites is 1. The van der Waals surface area contributed by atoms with Crippen molar-refractivity contribution in [1.29, 1.82) is 0 Å². The topological polar surface area (TPSA) is 42.1 Å². The summed E-state index contributed by atoms with van der Waals surface area (Å²) >= 11 is 0. The zero-order chi connectivity index (χ0) is 11.7. The average molecular weight is 227 g/mol. The van der Waals surface area contributed by atoms with Crippen LogP contribution in [0.25, 0.3) is 10.9 Å². The third-order valence-corrected chi connectivity index (χ3v) is 3.42. The molecule has 0 saturated carbocycles. The minimum atomic E-state index is 0.302. The van der Waals surface area contributed by atoms with Gasteiger partial charge in [0.1, 0.15) is 0 Å². The maximum absolute atomic E-state index is 6.05. The Labute approximate surface area is 101 Å². The second-order valence-corrected chi connectivity index (χ2v) is 4.70. The van der Waals surface area contributed by atoms with Crippen molar-refractivity contribution in [3.05, 3.63) is 36.5 Å². The van der Waals surface area contributed by atoms with Crippen LogP contribution >= 0.6 is 0 Å². The number of pyridine rings is 1. The Morgan fingerprint density at radius 2 is 2.12 bits per heavy atom. The molecule has 0 spiro atoms. The van der Waals surface area contributed by atoms with Crippen molar-refractivity contribution in [2.24, 2.45) is 5.73 Å². The molecule has 1 aliphatic rings. The molecule has 1 unspecified atom stereocenters. The molecule has 1 saturated heterocycles. The maximum Gasteiger partial charge on any atom is 0.0722 e. The zero-order valence-corrected chi connectivity index (χ0v) is 9.84. The summed E-state index contributed by atoms with van der Waals surface area (Å²) in [5, 5.41) is 1.23. The fourth-order valence-corrected chi connectivity index (χ4v) is 2.59. The van der Waals surface area contributed by atoms with Crippen LogP contribution in [0.4, 0.5) is 5.69 Å². The fraction of sp³-hybridized carbons (Fsp3) is 0.357. The maximum atomic E-state index is 6.05. The lowest BCUT2D eigenvalue weighted by Gasteiger charge is -2.33. The van der Waals surface area contributed by atoms with Crippen molar-refractivity contribution in [1.82, 2.24) is 4.98 Å². The summed E-state index contributed by atoms with van der Waals surface area (Å²) in [4.78, 5) is 6.78. The predicted molar refractivity (Wildman–Crippen MR) is 71.2 cm³/mol. The molecule has 2 heterocycles. The second-order valence-electron chi connectivity index (χ2n) is 4.70. The highest BCUT2D eigenvalue weighted by molar-refractivity contribution is 5.91. The molecular weight excluding hydrogens is 210 g/mol. The lowest BCUT2D eigenvalue weighted by molar-refractivity contribution is 0.507. The second kappa shape index (κ2) is 4.34. The number of piperidine rings is 1. The van der Waals surface area contributed by atoms with Gasteiger partial charge in [0.15, 0.2) is 0 Å². The molecule has 1 aliphatic heterocycles. The number of hydrogen-bond acceptors (Lipinski definition) is 3. The van der Waals surface area contributed by atoms with Crippen LogP contribution in [0.15, 0.2) is 36.5 Å². The Bertz CT molecular complexity index is 518. The third-order valence-electron chi connectivity index (χ3n) is 3.42. The first-order valence-electron chi connectivity index (χ1n) is 6.19. The van der Waals surface area contributed by atoms with Gasteiger partial charge in [0.2, 0.25) is 0 Å². The summed E-state index contributed by atoms with van der Waals surface area (Å²) in [6.45, 7) is 2.05. The first-order valence-corrected chi connectivity index (χ1v) is 6.19. The van der Waals surface area contributed by atoms with Crippen LogP contribution in [0.5, 0.6) is 0 Å². The van der Waals surface area contributed by atoms with E-state index in [2.05, 4.69) is 34.1 Å². The summed E-state index contributed by atoms with van der Waals surface area (Å²) in [7, 11) is 0. The summed E-state index contributed by atoms with van der Waals surface area (Å²) < 4.78 is 0. The number of anilines is 1. The summed E-state index contributed by atoms with van der Waals surface area (Å²) in [6.07, 6.45) is 4.20. The molecule has 3 heteroatoms. The van der Waals surface area contributed by atoms with Gasteiger partial charge in [-0.15, -0.1) is 0 Å². The average Bonchev–Trinajstić information content (AvgIpc) is 2.38. The van der Waals surface area contributed by atoms with E-state index in [-0.39, 0.29) is 0 Å². The lowest BCUT2D eigenvalue weighted by Crippen LogP contribution is -2.42. The van der Waals surface area contributed by atoms with Crippen LogP contribution in [0.2, 0.25) is 0 Å². The van der Waals surface area contributed by atoms with Gasteiger partial charge in [-0.1, -0.05) is 18.2 Å². The third kappa shape index (κ3) is 1.98. The number of nitrogens with two attached hydrogens (primary N) is 1. The molecule has 88 valence electrons. The van der Waals surface area contributed by atoms with Gasteiger partial charge < -0.3 is 10.6 Å². The van der Waals surface area contributed by atoms with E-state index in [1.54, 1.807) is 0 Å². The van der Waals surface area contributed by atoms with Crippen molar-refractivity contribution in [2.45, 2.75) is 18.9 Å². The molecule has 2 aromatic rings. The smallest absolute Gasteiger partial charge is 0.0722 e. The molecule has 1 atom stereocenters. The van der Waals surface area contributed by atoms with Crippen LogP contribution in [-0.4, -0.2) is 24.1 Å². The van der Waals surface area contributed by atoms with E-state index in [0.29, 0.717) is 6.04 Å². The fourth-order valence-electron chi connectivity index (χ4n) is 2.59. The Balaban J connectivity index is 2.04. The number of aromatic nitrogens is 1. The van der Waals surface area contributed by atoms with Crippen LogP contribution in [0, 0.1) is 0 Å². The molecule has 3 rings (SSSR count). The molecule has 3 nitrogen and oxygen atoms in total. The van der Waals surface area contributed by atoms with E-state index in [0.717, 1.165) is 25.0 Å². The van der Waals surface area contributed by atoms with Crippen molar-refractivity contribution in [3.8, 4) is 0 Å². The van der Waals surface area contributed by atoms with E-state index in [4.69, 9.17) is 5.73 Å². The van der Waals surface area contributed by atoms with Gasteiger partial charge in [0.25, 0.3) is 0 Å². The summed E-state index contributed by atoms with van der Waals surface area (Å²) in [5.74, 6) is 0. The molecule has 1 aromatic heterocycles. The zero-order valence-electron chi connectivity index (χ0n) is 9.84. The van der Waals surface area contributed by atoms with E-state index in [1.807, 2.05) is 12.3 Å². The quantitative estimate of drug-likeness (QED) is 0.811. The Kier molecular flexibility index (Phi) is 2.69. The first-order chi connectivity index (χ1) is 8.34. The van der Waals surface area contributed by atoms with Crippen molar-refractivity contribution in [2.75, 3.05) is 18.0 Å². The van der Waals surface area contributed by atoms with Crippen molar-refractivity contribution in [3.63, 3.8) is 0 Å². The Hall–Kier alpha value is -1.61. The van der Waals surface area contributed by atoms with E-state index < -0.39 is 0 Å². The van der Waals surface area contributed by atoms with Crippen molar-refractivity contribution < 1.29 is 0 Å². The van der Waals surface area contributed by atoms with E-state index >= 15 is 0 Å². The minimum absolute atomic E-state index is 0.302. The SMILES string of the molecule is NC1CCCN(c2ccnc3ccccc23)C1. The predicted octanol–water partition coefficient (Wildman–Crippen LogP) is 2.16. The van der Waals surface area contributed by atoms with Gasteiger partial charge in [-0.2, -0.15) is 0 Å². The molecule has 1 aromatic carbocycles. The number of benzene rings is 1. The highest BCUT2D eigenvalue weighted by Gasteiger charge is 2.18. The number of nitrogens with zero attached hydrogens (tertiary/aromatic N) is 2. The van der Waals surface area contributed by atoms with Gasteiger partial charge in [0.05, 0.1) is 5.52 Å². The van der Waals surface area contributed by atoms with E-state index in [9.17, 15) is 0 Å². The van der Waals surface area contributed by atoms with Gasteiger partial charge in [-0.25, -0.2) is 0 Å². The summed E-state index contributed by atoms with van der Waals surface area (Å²) in [5.41, 5.74) is 8.38. The van der Waals surface area contributed by atoms with Crippen LogP contribution < -0.4 is 10.6 Å². The minimum Gasteiger partial charge on any atom is -0.369 e. The number of fused-ring (bicyclic) bond motifs is 1. The number of hydrogen-bond donors (Lipinski definition) is 1. The highest BCUT2D eigenvalue weighted by Crippen LogP contribution is 2.27. The molecule has 1 fully saturated rings.